The highest BCUT2D eigenvalue weighted by atomic mass is 16.5. The molecular weight excluding hydrogens is 442 g/mol. The Morgan fingerprint density at radius 1 is 1.29 bits per heavy atom. The van der Waals surface area contributed by atoms with Crippen LogP contribution in [0.3, 0.4) is 0 Å². The average molecular weight is 476 g/mol. The largest absolute Gasteiger partial charge is 0.492 e. The molecule has 0 bridgehead atoms. The summed E-state index contributed by atoms with van der Waals surface area (Å²) in [6.45, 7) is 8.08. The highest BCUT2D eigenvalue weighted by molar-refractivity contribution is 5.85. The normalized spacial score (nSPS) is 15.4. The molecule has 0 radical (unpaired) electrons. The van der Waals surface area contributed by atoms with E-state index in [1.54, 1.807) is 16.9 Å². The number of carbonyl (C=O) groups is 1. The quantitative estimate of drug-likeness (QED) is 0.493. The molecule has 4 rings (SSSR count). The van der Waals surface area contributed by atoms with Crippen LogP contribution in [0.15, 0.2) is 36.8 Å². The first kappa shape index (κ1) is 24.7. The van der Waals surface area contributed by atoms with E-state index in [2.05, 4.69) is 16.1 Å². The number of anilines is 1. The van der Waals surface area contributed by atoms with Gasteiger partial charge in [0.2, 0.25) is 0 Å². The Balaban J connectivity index is 1.53. The van der Waals surface area contributed by atoms with Gasteiger partial charge in [-0.2, -0.15) is 10.4 Å². The Morgan fingerprint density at radius 2 is 2.06 bits per heavy atom. The van der Waals surface area contributed by atoms with Gasteiger partial charge in [-0.1, -0.05) is 13.8 Å². The molecule has 3 aromatic rings. The Bertz CT molecular complexity index is 1220. The fourth-order valence-electron chi connectivity index (χ4n) is 4.92. The highest BCUT2D eigenvalue weighted by Crippen LogP contribution is 2.37. The molecule has 8 heteroatoms. The first-order valence-electron chi connectivity index (χ1n) is 12.3. The lowest BCUT2D eigenvalue weighted by Crippen LogP contribution is -2.43. The molecule has 0 unspecified atom stereocenters. The molecule has 8 nitrogen and oxygen atoms in total. The van der Waals surface area contributed by atoms with Gasteiger partial charge in [0.25, 0.3) is 0 Å². The number of pyridine rings is 2. The minimum Gasteiger partial charge on any atom is -0.492 e. The van der Waals surface area contributed by atoms with Gasteiger partial charge in [0, 0.05) is 55.3 Å². The van der Waals surface area contributed by atoms with Crippen molar-refractivity contribution in [2.75, 3.05) is 31.2 Å². The van der Waals surface area contributed by atoms with Crippen LogP contribution >= 0.6 is 0 Å². The average Bonchev–Trinajstić information content (AvgIpc) is 3.27. The monoisotopic (exact) mass is 475 g/mol. The van der Waals surface area contributed by atoms with Gasteiger partial charge in [-0.05, 0) is 43.9 Å². The van der Waals surface area contributed by atoms with Crippen LogP contribution < -0.4 is 9.64 Å². The van der Waals surface area contributed by atoms with E-state index in [-0.39, 0.29) is 17.8 Å². The summed E-state index contributed by atoms with van der Waals surface area (Å²) in [7, 11) is 0. The third-order valence-corrected chi connectivity index (χ3v) is 6.77. The fourth-order valence-corrected chi connectivity index (χ4v) is 4.92. The minimum atomic E-state index is -0.330. The zero-order valence-electron chi connectivity index (χ0n) is 20.7. The topological polar surface area (TPSA) is 104 Å². The van der Waals surface area contributed by atoms with Gasteiger partial charge >= 0.3 is 0 Å². The second-order valence-corrected chi connectivity index (χ2v) is 9.85. The molecule has 0 spiro atoms. The zero-order chi connectivity index (χ0) is 25.0. The number of aromatic nitrogens is 3. The number of ketones is 1. The van der Waals surface area contributed by atoms with Crippen molar-refractivity contribution in [3.63, 3.8) is 0 Å². The third kappa shape index (κ3) is 5.30. The number of rotatable bonds is 9. The lowest BCUT2D eigenvalue weighted by Gasteiger charge is -2.41. The Morgan fingerprint density at radius 3 is 2.66 bits per heavy atom. The van der Waals surface area contributed by atoms with Gasteiger partial charge in [-0.25, -0.2) is 9.50 Å². The first-order chi connectivity index (χ1) is 16.9. The van der Waals surface area contributed by atoms with Crippen molar-refractivity contribution in [2.45, 2.75) is 46.5 Å². The van der Waals surface area contributed by atoms with E-state index in [1.807, 2.05) is 45.2 Å². The van der Waals surface area contributed by atoms with Crippen molar-refractivity contribution in [1.82, 2.24) is 14.6 Å². The van der Waals surface area contributed by atoms with E-state index < -0.39 is 0 Å². The molecule has 35 heavy (non-hydrogen) atoms. The number of ether oxygens (including phenoxy) is 1. The van der Waals surface area contributed by atoms with Crippen LogP contribution in [0.5, 0.6) is 5.75 Å². The summed E-state index contributed by atoms with van der Waals surface area (Å²) in [5.41, 5.74) is 2.60. The smallest absolute Gasteiger partial charge is 0.138 e. The molecule has 0 amide bonds. The number of hydrogen-bond donors (Lipinski definition) is 1. The molecular formula is C27H33N5O3. The van der Waals surface area contributed by atoms with E-state index >= 15 is 0 Å². The van der Waals surface area contributed by atoms with Gasteiger partial charge in [0.1, 0.15) is 23.4 Å². The summed E-state index contributed by atoms with van der Waals surface area (Å²) in [5.74, 6) is 2.11. The predicted octanol–water partition coefficient (Wildman–Crippen LogP) is 4.25. The summed E-state index contributed by atoms with van der Waals surface area (Å²) in [4.78, 5) is 19.3. The Hall–Kier alpha value is -3.44. The van der Waals surface area contributed by atoms with Crippen molar-refractivity contribution in [2.24, 2.45) is 11.3 Å². The van der Waals surface area contributed by atoms with E-state index in [9.17, 15) is 15.2 Å². The van der Waals surface area contributed by atoms with Gasteiger partial charge in [0.15, 0.2) is 0 Å². The molecule has 0 aromatic carbocycles. The van der Waals surface area contributed by atoms with Crippen molar-refractivity contribution in [3.05, 3.63) is 42.4 Å². The molecule has 1 aliphatic heterocycles. The summed E-state index contributed by atoms with van der Waals surface area (Å²) < 4.78 is 7.37. The number of aliphatic hydroxyl groups excluding tert-OH is 1. The number of aliphatic hydroxyl groups is 1. The first-order valence-corrected chi connectivity index (χ1v) is 12.3. The maximum atomic E-state index is 12.4. The number of fused-ring (bicyclic) bond motifs is 1. The van der Waals surface area contributed by atoms with Crippen molar-refractivity contribution < 1.29 is 14.6 Å². The van der Waals surface area contributed by atoms with E-state index in [1.165, 1.54) is 0 Å². The van der Waals surface area contributed by atoms with Crippen molar-refractivity contribution >= 4 is 17.1 Å². The summed E-state index contributed by atoms with van der Waals surface area (Å²) in [6, 6.07) is 8.12. The molecule has 184 valence electrons. The highest BCUT2D eigenvalue weighted by Gasteiger charge is 2.36. The maximum absolute atomic E-state index is 12.4. The number of Topliss-reactive ketones (excluding diaryl/α,β-unsaturated/α-hetero) is 1. The maximum Gasteiger partial charge on any atom is 0.138 e. The number of nitrogens with zero attached hydrogens (tertiary/aromatic N) is 5. The van der Waals surface area contributed by atoms with Crippen LogP contribution in [0.2, 0.25) is 0 Å². The Labute approximate surface area is 206 Å². The minimum absolute atomic E-state index is 0.0375. The second-order valence-electron chi connectivity index (χ2n) is 9.85. The van der Waals surface area contributed by atoms with Crippen LogP contribution in [0.1, 0.15) is 52.0 Å². The zero-order valence-corrected chi connectivity index (χ0v) is 20.7. The van der Waals surface area contributed by atoms with Gasteiger partial charge in [-0.15, -0.1) is 0 Å². The standard InChI is InChI=1S/C27H33N5O3/c1-4-35-23-12-24(26-21(14-28)16-30-32(26)17-23)20-5-6-25(29-15-20)31-9-7-27(18-33,8-10-31)13-22(34)11-19(2)3/h5-6,12,15-17,19,33H,4,7-11,13,18H2,1-3H3. The number of piperidine rings is 1. The molecule has 0 saturated carbocycles. The molecule has 4 heterocycles. The summed E-state index contributed by atoms with van der Waals surface area (Å²) in [6.07, 6.45) is 7.68. The molecule has 1 aliphatic rings. The van der Waals surface area contributed by atoms with Crippen LogP contribution in [0.25, 0.3) is 16.6 Å². The molecule has 0 aliphatic carbocycles. The van der Waals surface area contributed by atoms with Crippen molar-refractivity contribution in [1.29, 1.82) is 5.26 Å². The molecule has 1 saturated heterocycles. The van der Waals surface area contributed by atoms with Crippen LogP contribution in [-0.4, -0.2) is 51.8 Å². The van der Waals surface area contributed by atoms with Crippen molar-refractivity contribution in [3.8, 4) is 22.9 Å². The van der Waals surface area contributed by atoms with Gasteiger partial charge in [-0.3, -0.25) is 4.79 Å². The summed E-state index contributed by atoms with van der Waals surface area (Å²) in [5, 5.41) is 23.9. The van der Waals surface area contributed by atoms with E-state index in [0.29, 0.717) is 36.7 Å². The molecule has 1 N–H and O–H groups in total. The summed E-state index contributed by atoms with van der Waals surface area (Å²) >= 11 is 0. The van der Waals surface area contributed by atoms with Gasteiger partial charge < -0.3 is 14.7 Å². The third-order valence-electron chi connectivity index (χ3n) is 6.77. The van der Waals surface area contributed by atoms with E-state index in [0.717, 1.165) is 48.4 Å². The molecule has 0 atom stereocenters. The SMILES string of the molecule is CCOc1cc(-c2ccc(N3CCC(CO)(CC(=O)CC(C)C)CC3)nc2)c2c(C#N)cnn2c1. The number of nitriles is 1. The van der Waals surface area contributed by atoms with E-state index in [4.69, 9.17) is 9.72 Å². The second kappa shape index (κ2) is 10.4. The Kier molecular flexibility index (Phi) is 7.37. The predicted molar refractivity (Wildman–Crippen MR) is 134 cm³/mol. The molecule has 3 aromatic heterocycles. The van der Waals surface area contributed by atoms with Crippen LogP contribution in [-0.2, 0) is 4.79 Å². The number of hydrogen-bond acceptors (Lipinski definition) is 7. The number of carbonyl (C=O) groups excluding carboxylic acids is 1. The lowest BCUT2D eigenvalue weighted by molar-refractivity contribution is -0.123. The fraction of sp³-hybridized carbons (Fsp3) is 0.481. The van der Waals surface area contributed by atoms with Gasteiger partial charge in [0.05, 0.1) is 30.1 Å². The molecule has 1 fully saturated rings. The lowest BCUT2D eigenvalue weighted by atomic mass is 9.74. The van der Waals surface area contributed by atoms with Crippen LogP contribution in [0, 0.1) is 22.7 Å². The van der Waals surface area contributed by atoms with Crippen LogP contribution in [0.4, 0.5) is 5.82 Å².